The summed E-state index contributed by atoms with van der Waals surface area (Å²) in [5.41, 5.74) is 1.15. The van der Waals surface area contributed by atoms with Crippen molar-refractivity contribution in [1.29, 1.82) is 0 Å². The van der Waals surface area contributed by atoms with E-state index in [2.05, 4.69) is 20.8 Å². The van der Waals surface area contributed by atoms with Crippen LogP contribution in [0.3, 0.4) is 0 Å². The van der Waals surface area contributed by atoms with Crippen LogP contribution in [0.2, 0.25) is 0 Å². The molecule has 0 radical (unpaired) electrons. The number of amides is 2. The van der Waals surface area contributed by atoms with E-state index in [1.807, 2.05) is 44.2 Å². The molecule has 0 aliphatic carbocycles. The third-order valence-electron chi connectivity index (χ3n) is 4.58. The van der Waals surface area contributed by atoms with Gasteiger partial charge in [-0.25, -0.2) is 0 Å². The molecule has 3 heterocycles. The number of fused-ring (bicyclic) bond motifs is 1. The lowest BCUT2D eigenvalue weighted by molar-refractivity contribution is 0.0885. The van der Waals surface area contributed by atoms with Crippen molar-refractivity contribution in [3.63, 3.8) is 0 Å². The number of rotatable bonds is 5. The van der Waals surface area contributed by atoms with Crippen LogP contribution in [0.15, 0.2) is 57.4 Å². The predicted molar refractivity (Wildman–Crippen MR) is 107 cm³/mol. The summed E-state index contributed by atoms with van der Waals surface area (Å²) >= 11 is 0. The first-order chi connectivity index (χ1) is 13.8. The van der Waals surface area contributed by atoms with Crippen molar-refractivity contribution in [3.05, 3.63) is 71.4 Å². The van der Waals surface area contributed by atoms with Gasteiger partial charge < -0.3 is 14.2 Å². The Balaban J connectivity index is 1.54. The number of nitrogens with zero attached hydrogens (tertiary/aromatic N) is 1. The molecule has 0 atom stereocenters. The number of carbonyl (C=O) groups is 2. The molecule has 0 saturated heterocycles. The van der Waals surface area contributed by atoms with Gasteiger partial charge in [0.05, 0.1) is 5.54 Å². The number of hydrogen-bond donors (Lipinski definition) is 3. The monoisotopic (exact) mass is 392 g/mol. The molecule has 0 spiro atoms. The van der Waals surface area contributed by atoms with Crippen LogP contribution in [0.25, 0.3) is 11.1 Å². The number of aryl methyl sites for hydroxylation is 1. The molecule has 3 aromatic heterocycles. The molecular formula is C21H20N4O4. The second-order valence-electron chi connectivity index (χ2n) is 7.24. The lowest BCUT2D eigenvalue weighted by Crippen LogP contribution is -2.40. The number of aromatic nitrogens is 2. The lowest BCUT2D eigenvalue weighted by atomic mass is 9.94. The zero-order chi connectivity index (χ0) is 20.6. The van der Waals surface area contributed by atoms with Crippen molar-refractivity contribution in [2.75, 3.05) is 5.32 Å². The second kappa shape index (κ2) is 6.97. The first-order valence-electron chi connectivity index (χ1n) is 9.07. The minimum atomic E-state index is -0.592. The van der Waals surface area contributed by atoms with Crippen LogP contribution >= 0.6 is 0 Å². The summed E-state index contributed by atoms with van der Waals surface area (Å²) in [6.45, 7) is 5.57. The Morgan fingerprint density at radius 3 is 2.45 bits per heavy atom. The first kappa shape index (κ1) is 18.5. The number of H-pyrrole nitrogens is 1. The van der Waals surface area contributed by atoms with Gasteiger partial charge in [0.25, 0.3) is 11.8 Å². The smallest absolute Gasteiger partial charge is 0.292 e. The van der Waals surface area contributed by atoms with E-state index in [-0.39, 0.29) is 28.8 Å². The number of benzene rings is 1. The molecular weight excluding hydrogens is 372 g/mol. The summed E-state index contributed by atoms with van der Waals surface area (Å²) < 4.78 is 11.0. The van der Waals surface area contributed by atoms with Crippen molar-refractivity contribution >= 4 is 28.7 Å². The first-order valence-corrected chi connectivity index (χ1v) is 9.07. The number of hydrogen-bond acceptors (Lipinski definition) is 5. The van der Waals surface area contributed by atoms with Gasteiger partial charge in [-0.2, -0.15) is 5.10 Å². The lowest BCUT2D eigenvalue weighted by Gasteiger charge is -2.26. The number of furan rings is 2. The zero-order valence-corrected chi connectivity index (χ0v) is 16.2. The highest BCUT2D eigenvalue weighted by Gasteiger charge is 2.26. The summed E-state index contributed by atoms with van der Waals surface area (Å²) in [4.78, 5) is 25.0. The average molecular weight is 392 g/mol. The molecule has 4 aromatic rings. The van der Waals surface area contributed by atoms with Crippen molar-refractivity contribution < 1.29 is 18.4 Å². The van der Waals surface area contributed by atoms with Crippen molar-refractivity contribution in [2.24, 2.45) is 0 Å². The molecule has 0 fully saturated rings. The van der Waals surface area contributed by atoms with Crippen LogP contribution in [0, 0.1) is 6.92 Å². The van der Waals surface area contributed by atoms with E-state index in [9.17, 15) is 9.59 Å². The van der Waals surface area contributed by atoms with E-state index in [1.165, 1.54) is 0 Å². The fourth-order valence-corrected chi connectivity index (χ4v) is 3.01. The molecule has 148 valence electrons. The fourth-order valence-electron chi connectivity index (χ4n) is 3.01. The van der Waals surface area contributed by atoms with Gasteiger partial charge in [0.15, 0.2) is 22.9 Å². The van der Waals surface area contributed by atoms with Gasteiger partial charge in [0.2, 0.25) is 0 Å². The Morgan fingerprint density at radius 1 is 1.00 bits per heavy atom. The standard InChI is InChI=1S/C21H20N4O4/c1-12-9-10-15(28-12)19(26)22-18-17-14(24-25-18)11-16(29-17)20(27)23-21(2,3)13-7-5-4-6-8-13/h4-11H,1-3H3,(H,23,27)(H2,22,24,25,26). The van der Waals surface area contributed by atoms with Gasteiger partial charge in [0.1, 0.15) is 11.3 Å². The Kier molecular flexibility index (Phi) is 4.46. The highest BCUT2D eigenvalue weighted by Crippen LogP contribution is 2.26. The van der Waals surface area contributed by atoms with E-state index in [1.54, 1.807) is 25.1 Å². The second-order valence-corrected chi connectivity index (χ2v) is 7.24. The molecule has 0 saturated carbocycles. The molecule has 1 aromatic carbocycles. The van der Waals surface area contributed by atoms with Crippen LogP contribution in [-0.2, 0) is 5.54 Å². The maximum atomic E-state index is 12.7. The van der Waals surface area contributed by atoms with Crippen LogP contribution in [0.4, 0.5) is 5.82 Å². The van der Waals surface area contributed by atoms with Crippen LogP contribution < -0.4 is 10.6 Å². The normalized spacial score (nSPS) is 11.6. The summed E-state index contributed by atoms with van der Waals surface area (Å²) in [5, 5.41) is 12.4. The molecule has 29 heavy (non-hydrogen) atoms. The summed E-state index contributed by atoms with van der Waals surface area (Å²) in [5.74, 6) is 0.247. The largest absolute Gasteiger partial charge is 0.456 e. The van der Waals surface area contributed by atoms with Gasteiger partial charge in [-0.3, -0.25) is 20.0 Å². The Hall–Kier alpha value is -3.81. The molecule has 0 unspecified atom stereocenters. The maximum Gasteiger partial charge on any atom is 0.292 e. The number of nitrogens with one attached hydrogen (secondary N) is 3. The molecule has 0 aliphatic heterocycles. The van der Waals surface area contributed by atoms with Gasteiger partial charge in [0, 0.05) is 6.07 Å². The van der Waals surface area contributed by atoms with E-state index in [4.69, 9.17) is 8.83 Å². The third kappa shape index (κ3) is 3.64. The summed E-state index contributed by atoms with van der Waals surface area (Å²) in [7, 11) is 0. The van der Waals surface area contributed by atoms with E-state index in [0.29, 0.717) is 11.3 Å². The molecule has 3 N–H and O–H groups in total. The Labute approximate surface area is 166 Å². The molecule has 8 nitrogen and oxygen atoms in total. The van der Waals surface area contributed by atoms with Crippen LogP contribution in [0.1, 0.15) is 46.3 Å². The number of aromatic amines is 1. The average Bonchev–Trinajstić information content (AvgIpc) is 3.39. The highest BCUT2D eigenvalue weighted by molar-refractivity contribution is 6.06. The van der Waals surface area contributed by atoms with Gasteiger partial charge in [-0.1, -0.05) is 30.3 Å². The van der Waals surface area contributed by atoms with E-state index >= 15 is 0 Å². The quantitative estimate of drug-likeness (QED) is 0.475. The van der Waals surface area contributed by atoms with Gasteiger partial charge in [-0.05, 0) is 38.5 Å². The van der Waals surface area contributed by atoms with E-state index in [0.717, 1.165) is 5.56 Å². The van der Waals surface area contributed by atoms with Gasteiger partial charge in [-0.15, -0.1) is 0 Å². The van der Waals surface area contributed by atoms with E-state index < -0.39 is 11.4 Å². The molecule has 0 aliphatic rings. The molecule has 4 rings (SSSR count). The zero-order valence-electron chi connectivity index (χ0n) is 16.2. The minimum absolute atomic E-state index is 0.113. The highest BCUT2D eigenvalue weighted by atomic mass is 16.4. The number of carbonyl (C=O) groups excluding carboxylic acids is 2. The van der Waals surface area contributed by atoms with Crippen molar-refractivity contribution in [1.82, 2.24) is 15.5 Å². The molecule has 0 bridgehead atoms. The fraction of sp³-hybridized carbons (Fsp3) is 0.190. The Morgan fingerprint density at radius 2 is 1.76 bits per heavy atom. The van der Waals surface area contributed by atoms with Gasteiger partial charge >= 0.3 is 0 Å². The molecule has 8 heteroatoms. The topological polar surface area (TPSA) is 113 Å². The third-order valence-corrected chi connectivity index (χ3v) is 4.58. The van der Waals surface area contributed by atoms with Crippen LogP contribution in [-0.4, -0.2) is 22.0 Å². The Bertz CT molecular complexity index is 1180. The summed E-state index contributed by atoms with van der Waals surface area (Å²) in [6.07, 6.45) is 0. The predicted octanol–water partition coefficient (Wildman–Crippen LogP) is 3.97. The maximum absolute atomic E-state index is 12.7. The summed E-state index contributed by atoms with van der Waals surface area (Å²) in [6, 6.07) is 14.5. The van der Waals surface area contributed by atoms with Crippen molar-refractivity contribution in [2.45, 2.75) is 26.3 Å². The SMILES string of the molecule is Cc1ccc(C(=O)Nc2n[nH]c3cc(C(=O)NC(C)(C)c4ccccc4)oc23)o1. The van der Waals surface area contributed by atoms with Crippen LogP contribution in [0.5, 0.6) is 0 Å². The number of anilines is 1. The molecule has 2 amide bonds. The van der Waals surface area contributed by atoms with Crippen molar-refractivity contribution in [3.8, 4) is 0 Å². The minimum Gasteiger partial charge on any atom is -0.456 e.